The second-order valence-corrected chi connectivity index (χ2v) is 8.43. The number of nitrogens with one attached hydrogen (secondary N) is 1. The summed E-state index contributed by atoms with van der Waals surface area (Å²) >= 11 is 5.58. The number of nitrogens with two attached hydrogens (primary N) is 1. The van der Waals surface area contributed by atoms with Crippen molar-refractivity contribution in [2.75, 3.05) is 33.3 Å². The van der Waals surface area contributed by atoms with Crippen LogP contribution in [-0.2, 0) is 14.3 Å². The molecule has 0 radical (unpaired) electrons. The van der Waals surface area contributed by atoms with E-state index in [9.17, 15) is 14.7 Å². The maximum atomic E-state index is 12.7. The highest BCUT2D eigenvalue weighted by Crippen LogP contribution is 2.47. The highest BCUT2D eigenvalue weighted by molar-refractivity contribution is 7.80. The first-order chi connectivity index (χ1) is 15.1. The molecular weight excluding hydrogens is 430 g/mol. The number of fused-ring (bicyclic) bond motifs is 1. The number of amides is 1. The molecule has 0 bridgehead atoms. The minimum absolute atomic E-state index is 0.201. The number of β-lactam (4-membered cyclic amide) rings is 1. The minimum atomic E-state index is -0.809. The normalized spacial score (nSPS) is 20.7. The smallest absolute Gasteiger partial charge is 0.355 e. The molecule has 3 rings (SSSR count). The fourth-order valence-electron chi connectivity index (χ4n) is 4.17. The van der Waals surface area contributed by atoms with Crippen LogP contribution in [0.4, 0.5) is 5.69 Å². The van der Waals surface area contributed by atoms with Crippen LogP contribution >= 0.6 is 12.2 Å². The molecule has 1 aromatic rings. The molecule has 0 saturated carbocycles. The maximum Gasteiger partial charge on any atom is 0.355 e. The third-order valence-corrected chi connectivity index (χ3v) is 6.33. The Kier molecular flexibility index (Phi) is 6.87. The van der Waals surface area contributed by atoms with Gasteiger partial charge in [-0.25, -0.2) is 10.6 Å². The van der Waals surface area contributed by atoms with E-state index in [4.69, 9.17) is 22.8 Å². The van der Waals surface area contributed by atoms with E-state index in [2.05, 4.69) is 5.32 Å². The molecule has 9 nitrogen and oxygen atoms in total. The number of esters is 1. The SMILES string of the molecule is CN/C=C\N(N)c1cc(C(=S)N(C)C)cc(C2=C(C(=O)OC)N3C(=O)C([C@@H](C)O)C3C2)c1. The van der Waals surface area contributed by atoms with Crippen molar-refractivity contribution in [3.05, 3.63) is 47.4 Å². The second-order valence-electron chi connectivity index (χ2n) is 8.04. The Morgan fingerprint density at radius 3 is 2.66 bits per heavy atom. The molecule has 0 aromatic heterocycles. The number of methoxy groups -OCH3 is 1. The summed E-state index contributed by atoms with van der Waals surface area (Å²) in [4.78, 5) is 29.2. The van der Waals surface area contributed by atoms with Crippen molar-refractivity contribution >= 4 is 40.3 Å². The van der Waals surface area contributed by atoms with Gasteiger partial charge in [-0.2, -0.15) is 0 Å². The van der Waals surface area contributed by atoms with Crippen LogP contribution in [0.3, 0.4) is 0 Å². The molecule has 2 heterocycles. The number of carbonyl (C=O) groups excluding carboxylic acids is 2. The van der Waals surface area contributed by atoms with Crippen molar-refractivity contribution in [2.24, 2.45) is 11.8 Å². The van der Waals surface area contributed by atoms with Crippen LogP contribution in [0.2, 0.25) is 0 Å². The van der Waals surface area contributed by atoms with Crippen LogP contribution in [0.5, 0.6) is 0 Å². The molecule has 0 aliphatic carbocycles. The molecule has 1 amide bonds. The second kappa shape index (κ2) is 9.27. The Labute approximate surface area is 193 Å². The van der Waals surface area contributed by atoms with Crippen LogP contribution in [0.15, 0.2) is 36.3 Å². The summed E-state index contributed by atoms with van der Waals surface area (Å²) in [6.45, 7) is 1.59. The zero-order valence-corrected chi connectivity index (χ0v) is 19.6. The van der Waals surface area contributed by atoms with Crippen LogP contribution in [0.25, 0.3) is 5.57 Å². The first-order valence-electron chi connectivity index (χ1n) is 10.2. The minimum Gasteiger partial charge on any atom is -0.464 e. The zero-order chi connectivity index (χ0) is 23.7. The summed E-state index contributed by atoms with van der Waals surface area (Å²) in [5, 5.41) is 14.4. The summed E-state index contributed by atoms with van der Waals surface area (Å²) in [5.74, 6) is 4.78. The van der Waals surface area contributed by atoms with Gasteiger partial charge in [-0.05, 0) is 42.7 Å². The molecule has 1 saturated heterocycles. The topological polar surface area (TPSA) is 111 Å². The Morgan fingerprint density at radius 1 is 1.41 bits per heavy atom. The quantitative estimate of drug-likeness (QED) is 0.179. The van der Waals surface area contributed by atoms with E-state index < -0.39 is 18.0 Å². The fourth-order valence-corrected chi connectivity index (χ4v) is 4.29. The molecule has 4 N–H and O–H groups in total. The standard InChI is InChI=1S/C22H29N5O4S/c1-12(28)18-17-11-16(19(22(30)31-5)27(17)20(18)29)13-8-14(21(32)25(3)4)10-15(9-13)26(23)7-6-24-2/h6-10,12,17-18,24,28H,11,23H2,1-5H3/b7-6-/t12-,17?,18?/m1/s1. The van der Waals surface area contributed by atoms with Gasteiger partial charge in [0.25, 0.3) is 0 Å². The number of aliphatic hydroxyl groups is 1. The maximum absolute atomic E-state index is 12.7. The number of rotatable bonds is 7. The lowest BCUT2D eigenvalue weighted by atomic mass is 9.82. The lowest BCUT2D eigenvalue weighted by molar-refractivity contribution is -0.161. The molecular formula is C22H29N5O4S. The summed E-state index contributed by atoms with van der Waals surface area (Å²) < 4.78 is 4.99. The summed E-state index contributed by atoms with van der Waals surface area (Å²) in [7, 11) is 6.74. The fraction of sp³-hybridized carbons (Fsp3) is 0.409. The van der Waals surface area contributed by atoms with Crippen LogP contribution < -0.4 is 16.2 Å². The molecule has 172 valence electrons. The van der Waals surface area contributed by atoms with Crippen molar-refractivity contribution in [1.29, 1.82) is 0 Å². The Bertz CT molecular complexity index is 1000. The number of aliphatic hydroxyl groups excluding tert-OH is 1. The van der Waals surface area contributed by atoms with Crippen molar-refractivity contribution in [3.63, 3.8) is 0 Å². The first kappa shape index (κ1) is 23.7. The Morgan fingerprint density at radius 2 is 2.09 bits per heavy atom. The van der Waals surface area contributed by atoms with E-state index in [1.807, 2.05) is 37.2 Å². The number of nitrogens with zero attached hydrogens (tertiary/aromatic N) is 3. The van der Waals surface area contributed by atoms with Crippen LogP contribution in [0.1, 0.15) is 24.5 Å². The third-order valence-electron chi connectivity index (χ3n) is 5.73. The van der Waals surface area contributed by atoms with Gasteiger partial charge in [-0.15, -0.1) is 0 Å². The van der Waals surface area contributed by atoms with Gasteiger partial charge < -0.3 is 25.0 Å². The Balaban J connectivity index is 2.16. The van der Waals surface area contributed by atoms with E-state index in [1.165, 1.54) is 17.0 Å². The lowest BCUT2D eigenvalue weighted by Crippen LogP contribution is -2.61. The predicted octanol–water partition coefficient (Wildman–Crippen LogP) is 0.790. The zero-order valence-electron chi connectivity index (χ0n) is 18.8. The number of hydrazine groups is 1. The number of carbonyl (C=O) groups is 2. The van der Waals surface area contributed by atoms with Crippen molar-refractivity contribution in [2.45, 2.75) is 25.5 Å². The molecule has 2 unspecified atom stereocenters. The predicted molar refractivity (Wildman–Crippen MR) is 126 cm³/mol. The monoisotopic (exact) mass is 459 g/mol. The molecule has 1 fully saturated rings. The molecule has 1 aromatic carbocycles. The van der Waals surface area contributed by atoms with Crippen LogP contribution in [-0.4, -0.2) is 72.2 Å². The van der Waals surface area contributed by atoms with Gasteiger partial charge in [0.15, 0.2) is 0 Å². The molecule has 0 spiro atoms. The summed E-state index contributed by atoms with van der Waals surface area (Å²) in [6.07, 6.45) is 2.95. The summed E-state index contributed by atoms with van der Waals surface area (Å²) in [6, 6.07) is 5.29. The number of anilines is 1. The van der Waals surface area contributed by atoms with Gasteiger partial charge >= 0.3 is 5.97 Å². The van der Waals surface area contributed by atoms with E-state index in [1.54, 1.807) is 26.4 Å². The number of benzene rings is 1. The Hall–Kier alpha value is -2.95. The van der Waals surface area contributed by atoms with Gasteiger partial charge in [0.1, 0.15) is 10.7 Å². The van der Waals surface area contributed by atoms with Gasteiger partial charge in [-0.1, -0.05) is 12.2 Å². The van der Waals surface area contributed by atoms with Gasteiger partial charge in [0.2, 0.25) is 5.91 Å². The van der Waals surface area contributed by atoms with E-state index in [-0.39, 0.29) is 17.6 Å². The van der Waals surface area contributed by atoms with Crippen molar-refractivity contribution in [3.8, 4) is 0 Å². The van der Waals surface area contributed by atoms with Gasteiger partial charge in [0, 0.05) is 39.1 Å². The molecule has 32 heavy (non-hydrogen) atoms. The first-order valence-corrected chi connectivity index (χ1v) is 10.6. The van der Waals surface area contributed by atoms with Crippen LogP contribution in [0, 0.1) is 5.92 Å². The molecule has 10 heteroatoms. The largest absolute Gasteiger partial charge is 0.464 e. The summed E-state index contributed by atoms with van der Waals surface area (Å²) in [5.41, 5.74) is 2.97. The number of ether oxygens (including phenoxy) is 1. The van der Waals surface area contributed by atoms with E-state index in [0.29, 0.717) is 28.2 Å². The lowest BCUT2D eigenvalue weighted by Gasteiger charge is -2.44. The number of thiocarbonyl (C=S) groups is 1. The number of hydrogen-bond donors (Lipinski definition) is 3. The van der Waals surface area contributed by atoms with E-state index >= 15 is 0 Å². The van der Waals surface area contributed by atoms with E-state index in [0.717, 1.165) is 5.56 Å². The third kappa shape index (κ3) is 4.08. The van der Waals surface area contributed by atoms with Gasteiger partial charge in [0.05, 0.1) is 30.9 Å². The number of hydrogen-bond acceptors (Lipinski definition) is 8. The molecule has 2 aliphatic heterocycles. The average molecular weight is 460 g/mol. The molecule has 2 aliphatic rings. The highest BCUT2D eigenvalue weighted by atomic mass is 32.1. The average Bonchev–Trinajstić information content (AvgIpc) is 3.10. The molecule has 3 atom stereocenters. The van der Waals surface area contributed by atoms with Gasteiger partial charge in [-0.3, -0.25) is 9.80 Å². The van der Waals surface area contributed by atoms with Crippen molar-refractivity contribution < 1.29 is 19.4 Å². The van der Waals surface area contributed by atoms with Crippen molar-refractivity contribution in [1.82, 2.24) is 15.1 Å². The highest BCUT2D eigenvalue weighted by Gasteiger charge is 2.57.